The Labute approximate surface area is 253 Å². The van der Waals surface area contributed by atoms with Gasteiger partial charge in [-0.15, -0.1) is 0 Å². The van der Waals surface area contributed by atoms with E-state index in [9.17, 15) is 22.8 Å². The van der Waals surface area contributed by atoms with Crippen molar-refractivity contribution in [2.75, 3.05) is 53.0 Å². The molecule has 12 heteroatoms. The molecule has 0 spiro atoms. The van der Waals surface area contributed by atoms with Crippen LogP contribution in [0, 0.1) is 17.8 Å². The highest BCUT2D eigenvalue weighted by molar-refractivity contribution is 5.95. The molecule has 9 nitrogen and oxygen atoms in total. The van der Waals surface area contributed by atoms with E-state index in [4.69, 9.17) is 9.47 Å². The molecule has 3 fully saturated rings. The Hall–Kier alpha value is -3.90. The van der Waals surface area contributed by atoms with E-state index >= 15 is 0 Å². The zero-order valence-corrected chi connectivity index (χ0v) is 24.5. The van der Waals surface area contributed by atoms with E-state index in [0.717, 1.165) is 48.9 Å². The lowest BCUT2D eigenvalue weighted by atomic mass is 10.0. The normalized spacial score (nSPS) is 22.6. The van der Waals surface area contributed by atoms with Gasteiger partial charge in [0.15, 0.2) is 5.69 Å². The van der Waals surface area contributed by atoms with Crippen LogP contribution in [0.25, 0.3) is 5.69 Å². The summed E-state index contributed by atoms with van der Waals surface area (Å²) in [5, 5.41) is 7.18. The molecule has 1 aromatic heterocycles. The van der Waals surface area contributed by atoms with Crippen molar-refractivity contribution in [3.63, 3.8) is 0 Å². The van der Waals surface area contributed by atoms with E-state index in [2.05, 4.69) is 15.3 Å². The number of carbonyl (C=O) groups is 2. The van der Waals surface area contributed by atoms with Gasteiger partial charge in [0.1, 0.15) is 5.75 Å². The fourth-order valence-electron chi connectivity index (χ4n) is 6.66. The number of hydrogen-bond donors (Lipinski definition) is 1. The maximum absolute atomic E-state index is 14.2. The number of aromatic nitrogens is 2. The van der Waals surface area contributed by atoms with E-state index in [1.54, 1.807) is 12.1 Å². The van der Waals surface area contributed by atoms with Crippen molar-refractivity contribution in [3.05, 3.63) is 77.6 Å². The Morgan fingerprint density at radius 1 is 1.05 bits per heavy atom. The summed E-state index contributed by atoms with van der Waals surface area (Å²) in [6, 6.07) is 15.8. The van der Waals surface area contributed by atoms with Gasteiger partial charge in [-0.3, -0.25) is 9.59 Å². The minimum Gasteiger partial charge on any atom is -0.497 e. The van der Waals surface area contributed by atoms with Gasteiger partial charge < -0.3 is 24.6 Å². The number of nitrogens with zero attached hydrogens (tertiary/aromatic N) is 4. The van der Waals surface area contributed by atoms with Gasteiger partial charge >= 0.3 is 6.18 Å². The van der Waals surface area contributed by atoms with Crippen LogP contribution in [0.4, 0.5) is 13.2 Å². The SMILES string of the molecule is COc1ccc(-n2ncc(C(=O)N3CC4CN(CCC(NC(=O)C5CCOC5)c5ccccc5)C[C@H]4C3)c2C(F)(F)F)cc1. The first-order chi connectivity index (χ1) is 21.2. The molecule has 0 bridgehead atoms. The first kappa shape index (κ1) is 30.1. The molecule has 0 aliphatic carbocycles. The topological polar surface area (TPSA) is 88.9 Å². The first-order valence-electron chi connectivity index (χ1n) is 15.0. The molecule has 4 atom stereocenters. The Morgan fingerprint density at radius 3 is 2.36 bits per heavy atom. The Kier molecular flexibility index (Phi) is 8.64. The molecule has 6 rings (SSSR count). The summed E-state index contributed by atoms with van der Waals surface area (Å²) < 4.78 is 54.0. The number of amides is 2. The van der Waals surface area contributed by atoms with Crippen LogP contribution in [0.1, 0.15) is 40.5 Å². The lowest BCUT2D eigenvalue weighted by molar-refractivity contribution is -0.143. The molecular weight excluding hydrogens is 575 g/mol. The smallest absolute Gasteiger partial charge is 0.434 e. The third kappa shape index (κ3) is 6.32. The third-order valence-corrected chi connectivity index (χ3v) is 8.99. The Balaban J connectivity index is 1.09. The zero-order valence-electron chi connectivity index (χ0n) is 24.5. The minimum atomic E-state index is -4.77. The number of methoxy groups -OCH3 is 1. The molecule has 234 valence electrons. The van der Waals surface area contributed by atoms with Crippen molar-refractivity contribution < 1.29 is 32.2 Å². The summed E-state index contributed by atoms with van der Waals surface area (Å²) in [6.45, 7) is 4.10. The predicted octanol–water partition coefficient (Wildman–Crippen LogP) is 4.19. The maximum Gasteiger partial charge on any atom is 0.434 e. The van der Waals surface area contributed by atoms with E-state index in [1.807, 2.05) is 30.3 Å². The second kappa shape index (κ2) is 12.6. The van der Waals surface area contributed by atoms with Crippen molar-refractivity contribution in [1.82, 2.24) is 24.9 Å². The average Bonchev–Trinajstić information content (AvgIpc) is 3.83. The number of alkyl halides is 3. The van der Waals surface area contributed by atoms with Gasteiger partial charge in [0.05, 0.1) is 43.1 Å². The fraction of sp³-hybridized carbons (Fsp3) is 0.469. The number of hydrogen-bond acceptors (Lipinski definition) is 6. The number of rotatable bonds is 9. The average molecular weight is 612 g/mol. The summed E-state index contributed by atoms with van der Waals surface area (Å²) in [4.78, 5) is 30.2. The molecular formula is C32H36F3N5O4. The quantitative estimate of drug-likeness (QED) is 0.391. The van der Waals surface area contributed by atoms with Crippen LogP contribution in [-0.4, -0.2) is 84.4 Å². The van der Waals surface area contributed by atoms with Gasteiger partial charge in [-0.05, 0) is 54.5 Å². The fourth-order valence-corrected chi connectivity index (χ4v) is 6.66. The van der Waals surface area contributed by atoms with Gasteiger partial charge in [-0.1, -0.05) is 30.3 Å². The second-order valence-corrected chi connectivity index (χ2v) is 11.8. The van der Waals surface area contributed by atoms with Gasteiger partial charge in [-0.25, -0.2) is 4.68 Å². The predicted molar refractivity (Wildman–Crippen MR) is 155 cm³/mol. The number of halogens is 3. The number of carbonyl (C=O) groups excluding carboxylic acids is 2. The summed E-state index contributed by atoms with van der Waals surface area (Å²) in [6.07, 6.45) is -2.30. The lowest BCUT2D eigenvalue weighted by Crippen LogP contribution is -2.37. The molecule has 0 saturated carbocycles. The Bertz CT molecular complexity index is 1440. The highest BCUT2D eigenvalue weighted by atomic mass is 19.4. The van der Waals surface area contributed by atoms with Crippen LogP contribution in [0.5, 0.6) is 5.75 Å². The molecule has 3 aromatic rings. The van der Waals surface area contributed by atoms with Crippen molar-refractivity contribution in [3.8, 4) is 11.4 Å². The third-order valence-electron chi connectivity index (χ3n) is 8.99. The lowest BCUT2D eigenvalue weighted by Gasteiger charge is -2.25. The van der Waals surface area contributed by atoms with Crippen molar-refractivity contribution in [1.29, 1.82) is 0 Å². The van der Waals surface area contributed by atoms with Gasteiger partial charge in [-0.2, -0.15) is 18.3 Å². The molecule has 3 unspecified atom stereocenters. The molecule has 44 heavy (non-hydrogen) atoms. The summed E-state index contributed by atoms with van der Waals surface area (Å²) in [5.74, 6) is 0.0775. The molecule has 3 saturated heterocycles. The minimum absolute atomic E-state index is 0.0114. The first-order valence-corrected chi connectivity index (χ1v) is 15.0. The summed E-state index contributed by atoms with van der Waals surface area (Å²) in [5.41, 5.74) is -0.289. The van der Waals surface area contributed by atoms with Gasteiger partial charge in [0, 0.05) is 39.3 Å². The van der Waals surface area contributed by atoms with Crippen LogP contribution in [-0.2, 0) is 15.7 Å². The number of nitrogens with one attached hydrogen (secondary N) is 1. The van der Waals surface area contributed by atoms with Gasteiger partial charge in [0.2, 0.25) is 5.91 Å². The maximum atomic E-state index is 14.2. The van der Waals surface area contributed by atoms with Crippen LogP contribution >= 0.6 is 0 Å². The summed E-state index contributed by atoms with van der Waals surface area (Å²) >= 11 is 0. The second-order valence-electron chi connectivity index (χ2n) is 11.8. The van der Waals surface area contributed by atoms with E-state index in [1.165, 1.54) is 24.1 Å². The number of ether oxygens (including phenoxy) is 2. The molecule has 2 aromatic carbocycles. The molecule has 3 aliphatic rings. The molecule has 1 N–H and O–H groups in total. The number of likely N-dealkylation sites (tertiary alicyclic amines) is 2. The van der Waals surface area contributed by atoms with Crippen LogP contribution in [0.3, 0.4) is 0 Å². The highest BCUT2D eigenvalue weighted by Crippen LogP contribution is 2.37. The van der Waals surface area contributed by atoms with Crippen LogP contribution in [0.15, 0.2) is 60.8 Å². The number of fused-ring (bicyclic) bond motifs is 1. The van der Waals surface area contributed by atoms with Crippen LogP contribution in [0.2, 0.25) is 0 Å². The van der Waals surface area contributed by atoms with Crippen molar-refractivity contribution in [2.24, 2.45) is 17.8 Å². The van der Waals surface area contributed by atoms with E-state index < -0.39 is 23.3 Å². The largest absolute Gasteiger partial charge is 0.497 e. The van der Waals surface area contributed by atoms with Crippen molar-refractivity contribution >= 4 is 11.8 Å². The van der Waals surface area contributed by atoms with E-state index in [-0.39, 0.29) is 35.4 Å². The monoisotopic (exact) mass is 611 g/mol. The standard InChI is InChI=1S/C32H36F3N5O4/c1-43-26-9-7-25(8-10-26)40-29(32(33,34)35)27(15-36-40)31(42)39-18-23-16-38(17-24(23)19-39)13-11-28(21-5-3-2-4-6-21)37-30(41)22-12-14-44-20-22/h2-10,15,22-24,28H,11-14,16-20H2,1H3,(H,37,41)/t22?,23-,24?,28?/m0/s1. The van der Waals surface area contributed by atoms with Crippen LogP contribution < -0.4 is 10.1 Å². The zero-order chi connectivity index (χ0) is 30.8. The molecule has 4 heterocycles. The summed E-state index contributed by atoms with van der Waals surface area (Å²) in [7, 11) is 1.47. The highest BCUT2D eigenvalue weighted by Gasteiger charge is 2.45. The van der Waals surface area contributed by atoms with Crippen molar-refractivity contribution in [2.45, 2.75) is 25.1 Å². The van der Waals surface area contributed by atoms with E-state index in [0.29, 0.717) is 32.1 Å². The number of benzene rings is 2. The molecule has 3 aliphatic heterocycles. The molecule has 2 amide bonds. The van der Waals surface area contributed by atoms with Gasteiger partial charge in [0.25, 0.3) is 5.91 Å². The Morgan fingerprint density at radius 2 is 1.75 bits per heavy atom. The molecule has 0 radical (unpaired) electrons.